The first-order valence-electron chi connectivity index (χ1n) is 21.1. The lowest BCUT2D eigenvalue weighted by Gasteiger charge is -2.14. The van der Waals surface area contributed by atoms with Gasteiger partial charge in [0.25, 0.3) is 31.2 Å². The molecule has 20 nitrogen and oxygen atoms in total. The standard InChI is InChI=1S/C46H33ClF2N12O8S3/c1-26-11-14-60(54-26)36-22-50-40-9-4-28(25-58(40)45(36)62)30-18-35(57-72(66,67)42-10-7-39(47)70-42)44(53-21-30)69-16-13-32-12-15-61(55-32)37-23-51-41-8-3-27(24-59(41)46(37)63)29-17-34(43(68-2)52-20-29)56-71(64,65)38-6-5-31(48)19-33(38)49/h3-12,14-15,17-25,56-57H,13,16H2,1-2H3. The molecule has 0 atom stereocenters. The molecule has 0 spiro atoms. The van der Waals surface area contributed by atoms with E-state index in [0.29, 0.717) is 45.4 Å². The molecule has 9 heterocycles. The molecule has 1 aromatic carbocycles. The molecule has 10 aromatic rings. The molecule has 26 heteroatoms. The lowest BCUT2D eigenvalue weighted by Crippen LogP contribution is -2.21. The molecule has 0 aliphatic heterocycles. The van der Waals surface area contributed by atoms with Gasteiger partial charge in [-0.2, -0.15) is 10.2 Å². The van der Waals surface area contributed by atoms with E-state index in [1.807, 2.05) is 0 Å². The maximum atomic E-state index is 14.5. The van der Waals surface area contributed by atoms with E-state index in [2.05, 4.69) is 39.6 Å². The molecule has 364 valence electrons. The van der Waals surface area contributed by atoms with Crippen molar-refractivity contribution in [3.63, 3.8) is 0 Å². The zero-order valence-electron chi connectivity index (χ0n) is 37.1. The number of ether oxygens (including phenoxy) is 2. The second-order valence-electron chi connectivity index (χ2n) is 15.6. The van der Waals surface area contributed by atoms with E-state index in [4.69, 9.17) is 21.1 Å². The third-order valence-corrected chi connectivity index (χ3v) is 15.4. The Morgan fingerprint density at radius 2 is 1.26 bits per heavy atom. The number of aryl methyl sites for hydroxylation is 1. The number of fused-ring (bicyclic) bond motifs is 2. The van der Waals surface area contributed by atoms with Crippen molar-refractivity contribution in [1.82, 2.24) is 48.3 Å². The molecule has 10 rings (SSSR count). The fraction of sp³-hybridized carbons (Fsp3) is 0.0870. The fourth-order valence-corrected chi connectivity index (χ4v) is 11.0. The largest absolute Gasteiger partial charge is 0.480 e. The first kappa shape index (κ1) is 47.3. The van der Waals surface area contributed by atoms with Crippen LogP contribution >= 0.6 is 22.9 Å². The quantitative estimate of drug-likeness (QED) is 0.108. The predicted molar refractivity (Wildman–Crippen MR) is 261 cm³/mol. The summed E-state index contributed by atoms with van der Waals surface area (Å²) >= 11 is 6.94. The number of hydrogen-bond donors (Lipinski definition) is 2. The Hall–Kier alpha value is -8.39. The lowest BCUT2D eigenvalue weighted by atomic mass is 10.1. The Bertz CT molecular complexity index is 4140. The van der Waals surface area contributed by atoms with Crippen LogP contribution in [0.15, 0.2) is 147 Å². The van der Waals surface area contributed by atoms with Crippen molar-refractivity contribution in [1.29, 1.82) is 0 Å². The Morgan fingerprint density at radius 1 is 0.667 bits per heavy atom. The molecule has 0 fully saturated rings. The number of hydrogen-bond acceptors (Lipinski definition) is 15. The maximum Gasteiger partial charge on any atom is 0.283 e. The molecule has 0 amide bonds. The molecule has 0 aliphatic rings. The van der Waals surface area contributed by atoms with Crippen molar-refractivity contribution in [3.8, 4) is 45.4 Å². The molecular weight excluding hydrogens is 1020 g/mol. The van der Waals surface area contributed by atoms with Gasteiger partial charge in [0, 0.05) is 71.9 Å². The van der Waals surface area contributed by atoms with E-state index < -0.39 is 42.1 Å². The molecule has 0 unspecified atom stereocenters. The van der Waals surface area contributed by atoms with E-state index in [9.17, 15) is 35.2 Å². The third kappa shape index (κ3) is 9.35. The van der Waals surface area contributed by atoms with Crippen LogP contribution in [0.2, 0.25) is 4.34 Å². The summed E-state index contributed by atoms with van der Waals surface area (Å²) in [6.07, 6.45) is 12.1. The normalized spacial score (nSPS) is 11.8. The number of nitrogens with one attached hydrogen (secondary N) is 2. The molecule has 2 N–H and O–H groups in total. The van der Waals surface area contributed by atoms with E-state index in [1.54, 1.807) is 61.9 Å². The smallest absolute Gasteiger partial charge is 0.283 e. The Morgan fingerprint density at radius 3 is 1.85 bits per heavy atom. The number of nitrogens with zero attached hydrogens (tertiary/aromatic N) is 10. The summed E-state index contributed by atoms with van der Waals surface area (Å²) in [5.41, 5.74) is 2.76. The number of benzene rings is 1. The summed E-state index contributed by atoms with van der Waals surface area (Å²) in [7, 11) is -7.48. The van der Waals surface area contributed by atoms with Crippen LogP contribution < -0.4 is 30.0 Å². The van der Waals surface area contributed by atoms with Gasteiger partial charge in [0.15, 0.2) is 0 Å². The van der Waals surface area contributed by atoms with Crippen LogP contribution in [-0.2, 0) is 26.5 Å². The highest BCUT2D eigenvalue weighted by atomic mass is 35.5. The Balaban J connectivity index is 0.894. The molecular formula is C46H33ClF2N12O8S3. The van der Waals surface area contributed by atoms with Crippen LogP contribution in [0.1, 0.15) is 11.4 Å². The summed E-state index contributed by atoms with van der Waals surface area (Å²) in [5, 5.41) is 8.89. The monoisotopic (exact) mass is 1050 g/mol. The van der Waals surface area contributed by atoms with E-state index in [1.165, 1.54) is 80.5 Å². The van der Waals surface area contributed by atoms with E-state index >= 15 is 0 Å². The second-order valence-corrected chi connectivity index (χ2v) is 20.9. The molecule has 72 heavy (non-hydrogen) atoms. The van der Waals surface area contributed by atoms with Gasteiger partial charge in [-0.15, -0.1) is 11.3 Å². The number of halogens is 3. The van der Waals surface area contributed by atoms with Gasteiger partial charge in [-0.1, -0.05) is 11.6 Å². The first-order valence-corrected chi connectivity index (χ1v) is 25.2. The maximum absolute atomic E-state index is 14.5. The minimum absolute atomic E-state index is 0.00755. The number of methoxy groups -OCH3 is 1. The van der Waals surface area contributed by atoms with Crippen molar-refractivity contribution in [2.24, 2.45) is 0 Å². The van der Waals surface area contributed by atoms with Gasteiger partial charge in [-0.05, 0) is 79.7 Å². The predicted octanol–water partition coefficient (Wildman–Crippen LogP) is 6.73. The highest BCUT2D eigenvalue weighted by Gasteiger charge is 2.24. The van der Waals surface area contributed by atoms with Gasteiger partial charge < -0.3 is 9.47 Å². The summed E-state index contributed by atoms with van der Waals surface area (Å²) in [4.78, 5) is 44.3. The summed E-state index contributed by atoms with van der Waals surface area (Å²) in [6, 6.07) is 17.8. The minimum Gasteiger partial charge on any atom is -0.480 e. The molecule has 9 aromatic heterocycles. The van der Waals surface area contributed by atoms with Crippen LogP contribution in [0.25, 0.3) is 44.9 Å². The highest BCUT2D eigenvalue weighted by Crippen LogP contribution is 2.34. The lowest BCUT2D eigenvalue weighted by molar-refractivity contribution is 0.310. The van der Waals surface area contributed by atoms with Crippen molar-refractivity contribution in [2.75, 3.05) is 23.2 Å². The van der Waals surface area contributed by atoms with Crippen molar-refractivity contribution in [3.05, 3.63) is 177 Å². The Kier molecular flexibility index (Phi) is 12.3. The number of thiophene rings is 1. The Labute approximate surface area is 414 Å². The minimum atomic E-state index is -4.57. The van der Waals surface area contributed by atoms with Crippen LogP contribution in [0.3, 0.4) is 0 Å². The van der Waals surface area contributed by atoms with Crippen LogP contribution in [0.5, 0.6) is 11.8 Å². The topological polar surface area (TPSA) is 241 Å². The first-order chi connectivity index (χ1) is 34.5. The molecule has 0 saturated carbocycles. The fourth-order valence-electron chi connectivity index (χ4n) is 7.39. The van der Waals surface area contributed by atoms with E-state index in [-0.39, 0.29) is 67.3 Å². The average Bonchev–Trinajstić information content (AvgIpc) is 4.14. The van der Waals surface area contributed by atoms with Gasteiger partial charge in [-0.25, -0.2) is 54.9 Å². The number of rotatable bonds is 15. The zero-order valence-corrected chi connectivity index (χ0v) is 40.3. The average molecular weight is 1050 g/mol. The SMILES string of the molecule is COc1ncc(-c2ccc3ncc(-n4ccc(CCOc5ncc(-c6ccc7ncc(-n8ccc(C)n8)c(=O)n7c6)cc5NS(=O)(=O)c5ccc(Cl)s5)n4)c(=O)n3c2)cc1NS(=O)(=O)c1ccc(F)cc1F. The number of sulfonamides is 2. The van der Waals surface area contributed by atoms with E-state index in [0.717, 1.165) is 23.5 Å². The molecule has 0 saturated heterocycles. The third-order valence-electron chi connectivity index (χ3n) is 10.9. The highest BCUT2D eigenvalue weighted by molar-refractivity contribution is 7.94. The number of anilines is 2. The van der Waals surface area contributed by atoms with Crippen molar-refractivity contribution in [2.45, 2.75) is 22.4 Å². The summed E-state index contributed by atoms with van der Waals surface area (Å²) < 4.78 is 103. The summed E-state index contributed by atoms with van der Waals surface area (Å²) in [6.45, 7) is 1.76. The van der Waals surface area contributed by atoms with Crippen molar-refractivity contribution < 1.29 is 35.1 Å². The van der Waals surface area contributed by atoms with Gasteiger partial charge in [0.2, 0.25) is 11.8 Å². The van der Waals surface area contributed by atoms with Gasteiger partial charge in [-0.3, -0.25) is 27.8 Å². The molecule has 0 bridgehead atoms. The molecule has 0 radical (unpaired) electrons. The number of aromatic nitrogens is 10. The molecule has 0 aliphatic carbocycles. The van der Waals surface area contributed by atoms with Crippen LogP contribution in [0, 0.1) is 18.6 Å². The number of pyridine rings is 4. The summed E-state index contributed by atoms with van der Waals surface area (Å²) in [5.74, 6) is -2.46. The van der Waals surface area contributed by atoms with Crippen LogP contribution in [-0.4, -0.2) is 78.9 Å². The van der Waals surface area contributed by atoms with Gasteiger partial charge >= 0.3 is 0 Å². The van der Waals surface area contributed by atoms with Gasteiger partial charge in [0.1, 0.15) is 54.8 Å². The van der Waals surface area contributed by atoms with Crippen molar-refractivity contribution >= 4 is 65.7 Å². The van der Waals surface area contributed by atoms with Crippen LogP contribution in [0.4, 0.5) is 20.2 Å². The van der Waals surface area contributed by atoms with Gasteiger partial charge in [0.05, 0.1) is 41.8 Å². The second kappa shape index (κ2) is 18.7. The zero-order chi connectivity index (χ0) is 50.5.